The van der Waals surface area contributed by atoms with Gasteiger partial charge >= 0.3 is 12.1 Å². The summed E-state index contributed by atoms with van der Waals surface area (Å²) in [5, 5.41) is 0. The van der Waals surface area contributed by atoms with E-state index in [2.05, 4.69) is 4.99 Å². The Bertz CT molecular complexity index is 1550. The standard InChI is InChI=1S/C26H23F3N2O6S/c1-5-37-24(33)19-20(15-9-7-6-8-10-15)31-23(32)18(38-25(31)30-22(19)26(27,28)29)13-14-11-16(34-2)21(36-4)17(12-14)35-3/h6-13,20H,5H2,1-4H3/t20-/m1/s1. The molecule has 1 aliphatic heterocycles. The Labute approximate surface area is 218 Å². The second-order valence-corrected chi connectivity index (χ2v) is 8.94. The third-order valence-corrected chi connectivity index (χ3v) is 6.68. The lowest BCUT2D eigenvalue weighted by Crippen LogP contribution is -2.41. The lowest BCUT2D eigenvalue weighted by atomic mass is 9.95. The topological polar surface area (TPSA) is 88.4 Å². The smallest absolute Gasteiger partial charge is 0.434 e. The normalized spacial score (nSPS) is 15.6. The van der Waals surface area contributed by atoms with Crippen molar-refractivity contribution < 1.29 is 36.9 Å². The summed E-state index contributed by atoms with van der Waals surface area (Å²) in [6.45, 7) is 1.33. The quantitative estimate of drug-likeness (QED) is 0.421. The number of esters is 1. The van der Waals surface area contributed by atoms with Gasteiger partial charge in [-0.25, -0.2) is 9.79 Å². The molecule has 200 valence electrons. The number of ether oxygens (including phenoxy) is 4. The second kappa shape index (κ2) is 10.7. The van der Waals surface area contributed by atoms with Crippen LogP contribution in [0.1, 0.15) is 24.1 Å². The van der Waals surface area contributed by atoms with Crippen molar-refractivity contribution in [3.8, 4) is 17.2 Å². The summed E-state index contributed by atoms with van der Waals surface area (Å²) in [7, 11) is 4.32. The largest absolute Gasteiger partial charge is 0.493 e. The average Bonchev–Trinajstić information content (AvgIpc) is 3.21. The van der Waals surface area contributed by atoms with Crippen LogP contribution < -0.4 is 29.1 Å². The maximum Gasteiger partial charge on any atom is 0.434 e. The first-order chi connectivity index (χ1) is 18.1. The minimum Gasteiger partial charge on any atom is -0.493 e. The summed E-state index contributed by atoms with van der Waals surface area (Å²) >= 11 is 0.768. The average molecular weight is 549 g/mol. The number of hydrogen-bond donors (Lipinski definition) is 0. The number of carbonyl (C=O) groups excluding carboxylic acids is 1. The molecule has 0 radical (unpaired) electrons. The molecule has 0 bridgehead atoms. The van der Waals surface area contributed by atoms with Crippen LogP contribution in [0, 0.1) is 0 Å². The second-order valence-electron chi connectivity index (χ2n) is 7.93. The van der Waals surface area contributed by atoms with E-state index in [1.54, 1.807) is 42.5 Å². The van der Waals surface area contributed by atoms with Crippen molar-refractivity contribution in [2.24, 2.45) is 4.99 Å². The van der Waals surface area contributed by atoms with Crippen LogP contribution in [0.25, 0.3) is 6.08 Å². The van der Waals surface area contributed by atoms with Crippen molar-refractivity contribution >= 4 is 23.4 Å². The number of fused-ring (bicyclic) bond motifs is 1. The van der Waals surface area contributed by atoms with Gasteiger partial charge in [0, 0.05) is 0 Å². The highest BCUT2D eigenvalue weighted by Gasteiger charge is 2.45. The van der Waals surface area contributed by atoms with Gasteiger partial charge in [0.2, 0.25) is 5.75 Å². The highest BCUT2D eigenvalue weighted by Crippen LogP contribution is 2.39. The molecule has 0 saturated carbocycles. The van der Waals surface area contributed by atoms with E-state index >= 15 is 0 Å². The van der Waals surface area contributed by atoms with Crippen LogP contribution >= 0.6 is 11.3 Å². The summed E-state index contributed by atoms with van der Waals surface area (Å²) in [5.41, 5.74) is -2.00. The molecular weight excluding hydrogens is 525 g/mol. The van der Waals surface area contributed by atoms with Crippen molar-refractivity contribution in [2.45, 2.75) is 19.1 Å². The van der Waals surface area contributed by atoms with Gasteiger partial charge in [-0.1, -0.05) is 41.7 Å². The van der Waals surface area contributed by atoms with E-state index in [4.69, 9.17) is 18.9 Å². The van der Waals surface area contributed by atoms with E-state index in [0.29, 0.717) is 28.4 Å². The Hall–Kier alpha value is -4.06. The number of allylic oxidation sites excluding steroid dienone is 1. The van der Waals surface area contributed by atoms with Crippen LogP contribution in [0.2, 0.25) is 0 Å². The van der Waals surface area contributed by atoms with Crippen LogP contribution in [0.15, 0.2) is 63.5 Å². The predicted molar refractivity (Wildman–Crippen MR) is 133 cm³/mol. The highest BCUT2D eigenvalue weighted by atomic mass is 32.1. The van der Waals surface area contributed by atoms with E-state index in [0.717, 1.165) is 15.9 Å². The molecule has 0 aliphatic carbocycles. The maximum atomic E-state index is 14.2. The van der Waals surface area contributed by atoms with Crippen LogP contribution in [0.4, 0.5) is 13.2 Å². The SMILES string of the molecule is CCOC(=O)C1=C(C(F)(F)F)N=c2sc(=Cc3cc(OC)c(OC)c(OC)c3)c(=O)n2[C@@H]1c1ccccc1. The molecule has 3 aromatic rings. The molecule has 2 aromatic carbocycles. The predicted octanol–water partition coefficient (Wildman–Crippen LogP) is 3.37. The summed E-state index contributed by atoms with van der Waals surface area (Å²) in [4.78, 5) is 30.1. The van der Waals surface area contributed by atoms with E-state index in [-0.39, 0.29) is 15.9 Å². The Kier molecular flexibility index (Phi) is 7.63. The molecule has 0 unspecified atom stereocenters. The Morgan fingerprint density at radius 3 is 2.24 bits per heavy atom. The number of alkyl halides is 3. The van der Waals surface area contributed by atoms with Gasteiger partial charge in [-0.15, -0.1) is 0 Å². The molecule has 1 aromatic heterocycles. The number of thiazole rings is 1. The summed E-state index contributed by atoms with van der Waals surface area (Å²) in [6, 6.07) is 9.77. The molecule has 38 heavy (non-hydrogen) atoms. The Morgan fingerprint density at radius 2 is 1.71 bits per heavy atom. The van der Waals surface area contributed by atoms with Crippen molar-refractivity contribution in [1.82, 2.24) is 4.57 Å². The van der Waals surface area contributed by atoms with Gasteiger partial charge in [-0.2, -0.15) is 13.2 Å². The van der Waals surface area contributed by atoms with E-state index in [1.165, 1.54) is 34.3 Å². The maximum absolute atomic E-state index is 14.2. The third-order valence-electron chi connectivity index (χ3n) is 5.70. The van der Waals surface area contributed by atoms with Crippen molar-refractivity contribution in [3.63, 3.8) is 0 Å². The number of nitrogens with zero attached hydrogens (tertiary/aromatic N) is 2. The minimum atomic E-state index is -4.97. The van der Waals surface area contributed by atoms with Gasteiger partial charge in [0.05, 0.1) is 44.1 Å². The molecule has 0 fully saturated rings. The first-order valence-electron chi connectivity index (χ1n) is 11.3. The number of benzene rings is 2. The number of hydrogen-bond acceptors (Lipinski definition) is 8. The fourth-order valence-corrected chi connectivity index (χ4v) is 5.13. The molecule has 0 saturated heterocycles. The zero-order valence-electron chi connectivity index (χ0n) is 20.8. The van der Waals surface area contributed by atoms with Gasteiger partial charge in [0.1, 0.15) is 0 Å². The first kappa shape index (κ1) is 27.0. The first-order valence-corrected chi connectivity index (χ1v) is 12.1. The van der Waals surface area contributed by atoms with Crippen LogP contribution in [0.3, 0.4) is 0 Å². The molecule has 1 atom stereocenters. The monoisotopic (exact) mass is 548 g/mol. The minimum absolute atomic E-state index is 0.0885. The number of halogens is 3. The van der Waals surface area contributed by atoms with Gasteiger partial charge in [-0.3, -0.25) is 9.36 Å². The van der Waals surface area contributed by atoms with Crippen molar-refractivity contribution in [2.75, 3.05) is 27.9 Å². The number of carbonyl (C=O) groups is 1. The summed E-state index contributed by atoms with van der Waals surface area (Å²) in [5.74, 6) is -0.197. The zero-order chi connectivity index (χ0) is 27.6. The van der Waals surface area contributed by atoms with Crippen molar-refractivity contribution in [3.05, 3.63) is 84.5 Å². The molecule has 8 nitrogen and oxygen atoms in total. The highest BCUT2D eigenvalue weighted by molar-refractivity contribution is 7.07. The summed E-state index contributed by atoms with van der Waals surface area (Å²) < 4.78 is 64.7. The van der Waals surface area contributed by atoms with Gasteiger partial charge in [0.25, 0.3) is 5.56 Å². The van der Waals surface area contributed by atoms with E-state index in [9.17, 15) is 22.8 Å². The molecule has 2 heterocycles. The zero-order valence-corrected chi connectivity index (χ0v) is 21.6. The van der Waals surface area contributed by atoms with Crippen molar-refractivity contribution in [1.29, 1.82) is 0 Å². The fourth-order valence-electron chi connectivity index (χ4n) is 4.13. The van der Waals surface area contributed by atoms with Crippen LogP contribution in [0.5, 0.6) is 17.2 Å². The van der Waals surface area contributed by atoms with Gasteiger partial charge in [-0.05, 0) is 36.3 Å². The Balaban J connectivity index is 2.03. The Morgan fingerprint density at radius 1 is 1.08 bits per heavy atom. The number of aromatic nitrogens is 1. The molecule has 0 spiro atoms. The fraction of sp³-hybridized carbons (Fsp3) is 0.269. The molecule has 4 rings (SSSR count). The van der Waals surface area contributed by atoms with E-state index in [1.807, 2.05) is 0 Å². The van der Waals surface area contributed by atoms with E-state index < -0.39 is 35.0 Å². The third kappa shape index (κ3) is 4.91. The molecule has 0 N–H and O–H groups in total. The molecule has 0 amide bonds. The lowest BCUT2D eigenvalue weighted by Gasteiger charge is -2.26. The molecular formula is C26H23F3N2O6S. The van der Waals surface area contributed by atoms with Gasteiger partial charge in [0.15, 0.2) is 22.0 Å². The van der Waals surface area contributed by atoms with Crippen LogP contribution in [-0.4, -0.2) is 44.6 Å². The lowest BCUT2D eigenvalue weighted by molar-refractivity contribution is -0.140. The number of rotatable bonds is 7. The molecule has 12 heteroatoms. The number of methoxy groups -OCH3 is 3. The van der Waals surface area contributed by atoms with Gasteiger partial charge < -0.3 is 18.9 Å². The van der Waals surface area contributed by atoms with Crippen LogP contribution in [-0.2, 0) is 9.53 Å². The summed E-state index contributed by atoms with van der Waals surface area (Å²) in [6.07, 6.45) is -3.49. The molecule has 1 aliphatic rings.